The van der Waals surface area contributed by atoms with Crippen molar-refractivity contribution in [1.29, 1.82) is 0 Å². The molecule has 2 aromatic carbocycles. The number of nitrogens with zero attached hydrogens (tertiary/aromatic N) is 2. The molecule has 0 aromatic heterocycles. The smallest absolute Gasteiger partial charge is 0.368 e. The summed E-state index contributed by atoms with van der Waals surface area (Å²) < 4.78 is 38.1. The van der Waals surface area contributed by atoms with E-state index in [-0.39, 0.29) is 5.91 Å². The molecule has 1 saturated heterocycles. The lowest BCUT2D eigenvalue weighted by Gasteiger charge is -2.36. The van der Waals surface area contributed by atoms with E-state index in [2.05, 4.69) is 13.8 Å². The van der Waals surface area contributed by atoms with Gasteiger partial charge in [0.15, 0.2) is 0 Å². The zero-order valence-corrected chi connectivity index (χ0v) is 16.7. The number of benzene rings is 2. The van der Waals surface area contributed by atoms with Crippen LogP contribution in [0, 0.1) is 0 Å². The Balaban J connectivity index is 1.65. The minimum Gasteiger partial charge on any atom is -0.368 e. The molecule has 0 bridgehead atoms. The van der Waals surface area contributed by atoms with E-state index < -0.39 is 11.7 Å². The van der Waals surface area contributed by atoms with Gasteiger partial charge in [0.25, 0.3) is 5.91 Å². The first-order valence-corrected chi connectivity index (χ1v) is 10.1. The van der Waals surface area contributed by atoms with Gasteiger partial charge in [0.1, 0.15) is 0 Å². The van der Waals surface area contributed by atoms with Crippen LogP contribution in [0.2, 0.25) is 0 Å². The summed E-state index contributed by atoms with van der Waals surface area (Å²) >= 11 is 1.67. The molecular weight excluding hydrogens is 385 g/mol. The highest BCUT2D eigenvalue weighted by Crippen LogP contribution is 2.31. The van der Waals surface area contributed by atoms with Gasteiger partial charge in [-0.2, -0.15) is 13.2 Å². The first-order valence-electron chi connectivity index (χ1n) is 9.23. The fraction of sp³-hybridized carbons (Fsp3) is 0.381. The summed E-state index contributed by atoms with van der Waals surface area (Å²) in [7, 11) is 0. The van der Waals surface area contributed by atoms with Crippen LogP contribution in [0.15, 0.2) is 53.4 Å². The Morgan fingerprint density at radius 2 is 1.57 bits per heavy atom. The summed E-state index contributed by atoms with van der Waals surface area (Å²) in [5.41, 5.74) is 0.810. The Labute approximate surface area is 167 Å². The lowest BCUT2D eigenvalue weighted by molar-refractivity contribution is -0.137. The maximum atomic E-state index is 13.0. The van der Waals surface area contributed by atoms with Crippen LogP contribution in [0.3, 0.4) is 0 Å². The van der Waals surface area contributed by atoms with Crippen molar-refractivity contribution in [3.8, 4) is 0 Å². The summed E-state index contributed by atoms with van der Waals surface area (Å²) in [5, 5.41) is 0.380. The number of piperazine rings is 1. The highest BCUT2D eigenvalue weighted by atomic mass is 32.2. The second-order valence-electron chi connectivity index (χ2n) is 6.99. The number of anilines is 1. The number of rotatable bonds is 4. The molecule has 0 radical (unpaired) electrons. The van der Waals surface area contributed by atoms with Crippen LogP contribution in [-0.4, -0.2) is 42.2 Å². The molecule has 1 fully saturated rings. The van der Waals surface area contributed by atoms with Crippen LogP contribution >= 0.6 is 11.8 Å². The van der Waals surface area contributed by atoms with E-state index in [1.54, 1.807) is 11.8 Å². The maximum Gasteiger partial charge on any atom is 0.416 e. The van der Waals surface area contributed by atoms with Gasteiger partial charge in [-0.25, -0.2) is 0 Å². The lowest BCUT2D eigenvalue weighted by atomic mass is 10.1. The molecule has 3 rings (SSSR count). The molecular formula is C21H23F3N2OS. The zero-order valence-electron chi connectivity index (χ0n) is 15.9. The molecule has 0 atom stereocenters. The predicted octanol–water partition coefficient (Wildman–Crippen LogP) is 5.17. The van der Waals surface area contributed by atoms with Crippen LogP contribution in [0.5, 0.6) is 0 Å². The number of carbonyl (C=O) groups is 1. The Hall–Kier alpha value is -2.15. The number of thioether (sulfide) groups is 1. The molecule has 1 heterocycles. The topological polar surface area (TPSA) is 23.6 Å². The minimum atomic E-state index is -4.33. The number of alkyl halides is 3. The molecule has 28 heavy (non-hydrogen) atoms. The number of amides is 1. The van der Waals surface area contributed by atoms with E-state index >= 15 is 0 Å². The third-order valence-electron chi connectivity index (χ3n) is 4.61. The Morgan fingerprint density at radius 1 is 0.964 bits per heavy atom. The van der Waals surface area contributed by atoms with Crippen molar-refractivity contribution in [3.63, 3.8) is 0 Å². The molecule has 1 amide bonds. The number of hydrogen-bond donors (Lipinski definition) is 0. The third kappa shape index (κ3) is 4.82. The van der Waals surface area contributed by atoms with Gasteiger partial charge < -0.3 is 9.80 Å². The van der Waals surface area contributed by atoms with E-state index in [4.69, 9.17) is 0 Å². The third-order valence-corrected chi connectivity index (χ3v) is 5.69. The first-order chi connectivity index (χ1) is 13.3. The highest BCUT2D eigenvalue weighted by molar-refractivity contribution is 8.00. The maximum absolute atomic E-state index is 13.0. The average Bonchev–Trinajstić information content (AvgIpc) is 2.67. The summed E-state index contributed by atoms with van der Waals surface area (Å²) in [5.74, 6) is 0.0100. The van der Waals surface area contributed by atoms with Gasteiger partial charge in [0.05, 0.1) is 11.1 Å². The van der Waals surface area contributed by atoms with E-state index in [0.29, 0.717) is 37.0 Å². The molecule has 7 heteroatoms. The summed E-state index contributed by atoms with van der Waals surface area (Å²) in [4.78, 5) is 17.8. The second kappa shape index (κ2) is 8.47. The second-order valence-corrected chi connectivity index (χ2v) is 8.60. The van der Waals surface area contributed by atoms with E-state index in [1.165, 1.54) is 12.1 Å². The Morgan fingerprint density at radius 3 is 2.14 bits per heavy atom. The van der Waals surface area contributed by atoms with Crippen molar-refractivity contribution < 1.29 is 18.0 Å². The number of halogens is 3. The minimum absolute atomic E-state index is 0.0100. The van der Waals surface area contributed by atoms with Gasteiger partial charge in [0, 0.05) is 42.0 Å². The highest BCUT2D eigenvalue weighted by Gasteiger charge is 2.30. The number of hydrogen-bond acceptors (Lipinski definition) is 3. The Bertz CT molecular complexity index is 813. The normalized spacial score (nSPS) is 15.2. The Kier molecular flexibility index (Phi) is 6.23. The van der Waals surface area contributed by atoms with Crippen LogP contribution < -0.4 is 4.90 Å². The number of carbonyl (C=O) groups excluding carboxylic acids is 1. The van der Waals surface area contributed by atoms with Crippen LogP contribution in [-0.2, 0) is 6.18 Å². The molecule has 0 saturated carbocycles. The molecule has 0 spiro atoms. The van der Waals surface area contributed by atoms with Gasteiger partial charge in [-0.3, -0.25) is 4.79 Å². The van der Waals surface area contributed by atoms with E-state index in [0.717, 1.165) is 22.7 Å². The molecule has 1 aliphatic rings. The van der Waals surface area contributed by atoms with Gasteiger partial charge in [-0.15, -0.1) is 11.8 Å². The SMILES string of the molecule is CC(C)Sc1ccccc1C(=O)N1CCN(c2ccc(C(F)(F)F)cc2)CC1. The van der Waals surface area contributed by atoms with Crippen molar-refractivity contribution in [2.75, 3.05) is 31.1 Å². The zero-order chi connectivity index (χ0) is 20.3. The molecule has 0 aliphatic carbocycles. The standard InChI is InChI=1S/C21H23F3N2OS/c1-15(2)28-19-6-4-3-5-18(19)20(27)26-13-11-25(12-14-26)17-9-7-16(8-10-17)21(22,23)24/h3-10,15H,11-14H2,1-2H3. The summed E-state index contributed by atoms with van der Waals surface area (Å²) in [6.07, 6.45) is -4.33. The van der Waals surface area contributed by atoms with E-state index in [1.807, 2.05) is 34.1 Å². The quantitative estimate of drug-likeness (QED) is 0.652. The van der Waals surface area contributed by atoms with Crippen LogP contribution in [0.1, 0.15) is 29.8 Å². The lowest BCUT2D eigenvalue weighted by Crippen LogP contribution is -2.48. The van der Waals surface area contributed by atoms with Gasteiger partial charge in [-0.05, 0) is 36.4 Å². The van der Waals surface area contributed by atoms with Crippen molar-refractivity contribution in [2.45, 2.75) is 30.2 Å². The fourth-order valence-electron chi connectivity index (χ4n) is 3.20. The molecule has 0 N–H and O–H groups in total. The predicted molar refractivity (Wildman–Crippen MR) is 107 cm³/mol. The first kappa shape index (κ1) is 20.6. The van der Waals surface area contributed by atoms with Crippen LogP contribution in [0.25, 0.3) is 0 Å². The van der Waals surface area contributed by atoms with Crippen LogP contribution in [0.4, 0.5) is 18.9 Å². The molecule has 1 aliphatic heterocycles. The molecule has 150 valence electrons. The molecule has 0 unspecified atom stereocenters. The summed E-state index contributed by atoms with van der Waals surface area (Å²) in [6, 6.07) is 12.8. The van der Waals surface area contributed by atoms with Gasteiger partial charge in [-0.1, -0.05) is 26.0 Å². The molecule has 2 aromatic rings. The largest absolute Gasteiger partial charge is 0.416 e. The van der Waals surface area contributed by atoms with Gasteiger partial charge >= 0.3 is 6.18 Å². The van der Waals surface area contributed by atoms with Gasteiger partial charge in [0.2, 0.25) is 0 Å². The monoisotopic (exact) mass is 408 g/mol. The van der Waals surface area contributed by atoms with E-state index in [9.17, 15) is 18.0 Å². The summed E-state index contributed by atoms with van der Waals surface area (Å²) in [6.45, 7) is 6.46. The fourth-order valence-corrected chi connectivity index (χ4v) is 4.15. The van der Waals surface area contributed by atoms with Crippen molar-refractivity contribution in [2.24, 2.45) is 0 Å². The molecule has 3 nitrogen and oxygen atoms in total. The van der Waals surface area contributed by atoms with Crippen molar-refractivity contribution in [3.05, 3.63) is 59.7 Å². The average molecular weight is 408 g/mol. The van der Waals surface area contributed by atoms with Crippen molar-refractivity contribution in [1.82, 2.24) is 4.90 Å². The van der Waals surface area contributed by atoms with Crippen molar-refractivity contribution >= 4 is 23.4 Å².